The van der Waals surface area contributed by atoms with Crippen molar-refractivity contribution in [2.45, 2.75) is 6.42 Å². The number of esters is 1. The second-order valence-electron chi connectivity index (χ2n) is 5.18. The molecule has 0 aliphatic heterocycles. The summed E-state index contributed by atoms with van der Waals surface area (Å²) in [6, 6.07) is 11.3. The summed E-state index contributed by atoms with van der Waals surface area (Å²) >= 11 is 12.1. The second-order valence-corrected chi connectivity index (χ2v) is 6.03. The molecule has 0 bridgehead atoms. The van der Waals surface area contributed by atoms with E-state index in [2.05, 4.69) is 4.74 Å². The zero-order valence-corrected chi connectivity index (χ0v) is 14.1. The number of hydrogen-bond donors (Lipinski definition) is 0. The van der Waals surface area contributed by atoms with Gasteiger partial charge in [0.2, 0.25) is 0 Å². The predicted molar refractivity (Wildman–Crippen MR) is 93.7 cm³/mol. The molecule has 0 aliphatic carbocycles. The third-order valence-electron chi connectivity index (χ3n) is 3.56. The summed E-state index contributed by atoms with van der Waals surface area (Å²) < 4.78 is 10.4. The number of hydrogen-bond acceptors (Lipinski definition) is 4. The van der Waals surface area contributed by atoms with Crippen molar-refractivity contribution in [1.29, 1.82) is 0 Å². The maximum atomic E-state index is 12.4. The summed E-state index contributed by atoms with van der Waals surface area (Å²) in [5, 5.41) is 1.29. The predicted octanol–water partition coefficient (Wildman–Crippen LogP) is 4.48. The van der Waals surface area contributed by atoms with Gasteiger partial charge >= 0.3 is 5.97 Å². The molecule has 0 fully saturated rings. The molecule has 6 heteroatoms. The standard InChI is InChI=1S/C18H12Cl2O4/c1-23-18(22)7-10-2-5-16-13(6-10)15(21)9-17(24-16)12-4-3-11(19)8-14(12)20/h2-6,8-9H,7H2,1H3. The maximum absolute atomic E-state index is 12.4. The van der Waals surface area contributed by atoms with E-state index in [0.29, 0.717) is 37.9 Å². The molecule has 3 rings (SSSR count). The topological polar surface area (TPSA) is 56.5 Å². The van der Waals surface area contributed by atoms with Crippen molar-refractivity contribution in [2.75, 3.05) is 7.11 Å². The first-order valence-corrected chi connectivity index (χ1v) is 7.82. The lowest BCUT2D eigenvalue weighted by atomic mass is 10.1. The van der Waals surface area contributed by atoms with E-state index < -0.39 is 0 Å². The van der Waals surface area contributed by atoms with Gasteiger partial charge in [-0.2, -0.15) is 0 Å². The Morgan fingerprint density at radius 1 is 1.12 bits per heavy atom. The third kappa shape index (κ3) is 3.30. The number of fused-ring (bicyclic) bond motifs is 1. The molecule has 0 saturated heterocycles. The van der Waals surface area contributed by atoms with Crippen molar-refractivity contribution in [3.63, 3.8) is 0 Å². The number of carbonyl (C=O) groups excluding carboxylic acids is 1. The van der Waals surface area contributed by atoms with Crippen LogP contribution in [0.4, 0.5) is 0 Å². The summed E-state index contributed by atoms with van der Waals surface area (Å²) in [7, 11) is 1.32. The Morgan fingerprint density at radius 2 is 1.92 bits per heavy atom. The zero-order valence-electron chi connectivity index (χ0n) is 12.6. The Labute approximate surface area is 147 Å². The number of benzene rings is 2. The lowest BCUT2D eigenvalue weighted by Gasteiger charge is -2.07. The number of halogens is 2. The first-order chi connectivity index (χ1) is 11.5. The maximum Gasteiger partial charge on any atom is 0.309 e. The molecule has 0 atom stereocenters. The highest BCUT2D eigenvalue weighted by Crippen LogP contribution is 2.31. The van der Waals surface area contributed by atoms with Crippen LogP contribution in [0, 0.1) is 0 Å². The highest BCUT2D eigenvalue weighted by atomic mass is 35.5. The Bertz CT molecular complexity index is 992. The zero-order chi connectivity index (χ0) is 17.3. The van der Waals surface area contributed by atoms with Gasteiger partial charge in [0, 0.05) is 16.7 Å². The monoisotopic (exact) mass is 362 g/mol. The second kappa shape index (κ2) is 6.67. The smallest absolute Gasteiger partial charge is 0.309 e. The molecule has 0 unspecified atom stereocenters. The molecule has 0 radical (unpaired) electrons. The van der Waals surface area contributed by atoms with Crippen LogP contribution in [0.25, 0.3) is 22.3 Å². The Morgan fingerprint density at radius 3 is 2.62 bits per heavy atom. The van der Waals surface area contributed by atoms with Crippen LogP contribution >= 0.6 is 23.2 Å². The largest absolute Gasteiger partial charge is 0.469 e. The molecule has 0 N–H and O–H groups in total. The number of carbonyl (C=O) groups is 1. The van der Waals surface area contributed by atoms with E-state index >= 15 is 0 Å². The van der Waals surface area contributed by atoms with Gasteiger partial charge in [0.1, 0.15) is 11.3 Å². The van der Waals surface area contributed by atoms with E-state index in [1.807, 2.05) is 0 Å². The highest BCUT2D eigenvalue weighted by molar-refractivity contribution is 6.36. The molecule has 1 aromatic heterocycles. The Balaban J connectivity index is 2.09. The minimum atomic E-state index is -0.372. The van der Waals surface area contributed by atoms with Crippen molar-refractivity contribution >= 4 is 40.1 Å². The van der Waals surface area contributed by atoms with Crippen LogP contribution in [0.3, 0.4) is 0 Å². The van der Waals surface area contributed by atoms with E-state index in [1.165, 1.54) is 13.2 Å². The van der Waals surface area contributed by atoms with Crippen LogP contribution in [-0.2, 0) is 16.0 Å². The molecule has 0 spiro atoms. The van der Waals surface area contributed by atoms with Crippen LogP contribution in [-0.4, -0.2) is 13.1 Å². The van der Waals surface area contributed by atoms with Crippen molar-refractivity contribution in [1.82, 2.24) is 0 Å². The Kier molecular flexibility index (Phi) is 4.60. The third-order valence-corrected chi connectivity index (χ3v) is 4.11. The quantitative estimate of drug-likeness (QED) is 0.644. The summed E-state index contributed by atoms with van der Waals surface area (Å²) in [6.45, 7) is 0. The van der Waals surface area contributed by atoms with Crippen molar-refractivity contribution in [2.24, 2.45) is 0 Å². The van der Waals surface area contributed by atoms with E-state index in [4.69, 9.17) is 27.6 Å². The average Bonchev–Trinajstić information content (AvgIpc) is 2.55. The Hall–Kier alpha value is -2.30. The fraction of sp³-hybridized carbons (Fsp3) is 0.111. The highest BCUT2D eigenvalue weighted by Gasteiger charge is 2.12. The van der Waals surface area contributed by atoms with E-state index in [-0.39, 0.29) is 17.8 Å². The van der Waals surface area contributed by atoms with Crippen LogP contribution in [0.5, 0.6) is 0 Å². The van der Waals surface area contributed by atoms with Crippen LogP contribution < -0.4 is 5.43 Å². The molecule has 2 aromatic carbocycles. The lowest BCUT2D eigenvalue weighted by Crippen LogP contribution is -2.06. The average molecular weight is 363 g/mol. The van der Waals surface area contributed by atoms with Crippen molar-refractivity contribution in [3.8, 4) is 11.3 Å². The first-order valence-electron chi connectivity index (χ1n) is 7.07. The van der Waals surface area contributed by atoms with Crippen molar-refractivity contribution in [3.05, 3.63) is 68.3 Å². The number of methoxy groups -OCH3 is 1. The van der Waals surface area contributed by atoms with Gasteiger partial charge < -0.3 is 9.15 Å². The number of rotatable bonds is 3. The molecule has 0 saturated carbocycles. The molecular formula is C18H12Cl2O4. The van der Waals surface area contributed by atoms with Gasteiger partial charge in [-0.05, 0) is 35.9 Å². The van der Waals surface area contributed by atoms with Gasteiger partial charge in [0.25, 0.3) is 0 Å². The lowest BCUT2D eigenvalue weighted by molar-refractivity contribution is -0.139. The SMILES string of the molecule is COC(=O)Cc1ccc2oc(-c3ccc(Cl)cc3Cl)cc(=O)c2c1. The van der Waals surface area contributed by atoms with Crippen molar-refractivity contribution < 1.29 is 13.9 Å². The van der Waals surface area contributed by atoms with Gasteiger partial charge in [-0.15, -0.1) is 0 Å². The minimum absolute atomic E-state index is 0.0939. The molecule has 3 aromatic rings. The first kappa shape index (κ1) is 16.6. The van der Waals surface area contributed by atoms with Gasteiger partial charge in [0.15, 0.2) is 5.43 Å². The molecule has 4 nitrogen and oxygen atoms in total. The van der Waals surface area contributed by atoms with Crippen LogP contribution in [0.1, 0.15) is 5.56 Å². The fourth-order valence-corrected chi connectivity index (χ4v) is 2.88. The summed E-state index contributed by atoms with van der Waals surface area (Å²) in [6.07, 6.45) is 0.0939. The minimum Gasteiger partial charge on any atom is -0.469 e. The van der Waals surface area contributed by atoms with E-state index in [9.17, 15) is 9.59 Å². The normalized spacial score (nSPS) is 10.8. The molecule has 122 valence electrons. The van der Waals surface area contributed by atoms with E-state index in [1.54, 1.807) is 36.4 Å². The molecule has 1 heterocycles. The fourth-order valence-electron chi connectivity index (χ4n) is 2.37. The summed E-state index contributed by atoms with van der Waals surface area (Å²) in [5.41, 5.74) is 1.46. The van der Waals surface area contributed by atoms with Gasteiger partial charge in [-0.25, -0.2) is 0 Å². The summed E-state index contributed by atoms with van der Waals surface area (Å²) in [5.74, 6) is -0.0156. The molecule has 24 heavy (non-hydrogen) atoms. The van der Waals surface area contributed by atoms with Crippen LogP contribution in [0.15, 0.2) is 51.7 Å². The molecule has 0 aliphatic rings. The van der Waals surface area contributed by atoms with Gasteiger partial charge in [-0.3, -0.25) is 9.59 Å². The molecular weight excluding hydrogens is 351 g/mol. The van der Waals surface area contributed by atoms with Crippen LogP contribution in [0.2, 0.25) is 10.0 Å². The van der Waals surface area contributed by atoms with E-state index in [0.717, 1.165) is 0 Å². The van der Waals surface area contributed by atoms with Gasteiger partial charge in [0.05, 0.1) is 23.9 Å². The summed E-state index contributed by atoms with van der Waals surface area (Å²) in [4.78, 5) is 23.8. The number of ether oxygens (including phenoxy) is 1. The van der Waals surface area contributed by atoms with Gasteiger partial charge in [-0.1, -0.05) is 29.3 Å². The molecule has 0 amide bonds.